The highest BCUT2D eigenvalue weighted by Crippen LogP contribution is 2.56. The molecule has 0 aromatic heterocycles. The van der Waals surface area contributed by atoms with E-state index in [1.54, 1.807) is 12.1 Å². The maximum Gasteiger partial charge on any atom is 0.185 e. The summed E-state index contributed by atoms with van der Waals surface area (Å²) < 4.78 is 0.893. The summed E-state index contributed by atoms with van der Waals surface area (Å²) in [5.74, 6) is -0.754. The number of benzene rings is 4. The van der Waals surface area contributed by atoms with Crippen molar-refractivity contribution in [2.75, 3.05) is 4.90 Å². The van der Waals surface area contributed by atoms with E-state index < -0.39 is 23.4 Å². The quantitative estimate of drug-likeness (QED) is 0.271. The molecule has 4 aromatic rings. The summed E-state index contributed by atoms with van der Waals surface area (Å²) in [5.41, 5.74) is 1.76. The number of fused-ring (bicyclic) bond motifs is 5. The van der Waals surface area contributed by atoms with E-state index in [1.165, 1.54) is 0 Å². The molecule has 4 aromatic carbocycles. The molecule has 2 aliphatic rings. The van der Waals surface area contributed by atoms with Crippen LogP contribution in [-0.4, -0.2) is 17.9 Å². The molecule has 5 heteroatoms. The lowest BCUT2D eigenvalue weighted by atomic mass is 9.69. The summed E-state index contributed by atoms with van der Waals surface area (Å²) in [5, 5.41) is 23.3. The number of halogens is 1. The third-order valence-electron chi connectivity index (χ3n) is 7.47. The highest BCUT2D eigenvalue weighted by molar-refractivity contribution is 9.10. The van der Waals surface area contributed by atoms with E-state index >= 15 is 0 Å². The van der Waals surface area contributed by atoms with E-state index in [9.17, 15) is 15.3 Å². The van der Waals surface area contributed by atoms with Crippen molar-refractivity contribution in [2.24, 2.45) is 5.41 Å². The summed E-state index contributed by atoms with van der Waals surface area (Å²) in [6, 6.07) is 32.4. The van der Waals surface area contributed by atoms with Gasteiger partial charge in [-0.1, -0.05) is 101 Å². The Bertz CT molecular complexity index is 1600. The van der Waals surface area contributed by atoms with E-state index in [2.05, 4.69) is 40.2 Å². The molecule has 0 amide bonds. The Morgan fingerprint density at radius 2 is 1.56 bits per heavy atom. The number of hydrogen-bond donors (Lipinski definition) is 0. The molecule has 0 bridgehead atoms. The SMILES string of the molecule is N#CC1(C#N)[C@H](c2ccc(Br)cc2)[C@@H](C(=O)c2ccccc2)N2c3ccc4ccccc4c3C=C[C@H]21. The second-order valence-electron chi connectivity index (χ2n) is 9.23. The molecule has 0 N–H and O–H groups in total. The van der Waals surface area contributed by atoms with Crippen LogP contribution < -0.4 is 4.90 Å². The molecule has 2 aliphatic heterocycles. The van der Waals surface area contributed by atoms with Gasteiger partial charge < -0.3 is 4.90 Å². The van der Waals surface area contributed by atoms with Gasteiger partial charge in [-0.25, -0.2) is 0 Å². The zero-order chi connectivity index (χ0) is 24.9. The van der Waals surface area contributed by atoms with Crippen molar-refractivity contribution in [1.82, 2.24) is 0 Å². The predicted octanol–water partition coefficient (Wildman–Crippen LogP) is 6.89. The van der Waals surface area contributed by atoms with E-state index in [0.29, 0.717) is 5.56 Å². The Kier molecular flexibility index (Phi) is 5.25. The third kappa shape index (κ3) is 3.14. The Balaban J connectivity index is 1.64. The fourth-order valence-corrected chi connectivity index (χ4v) is 6.13. The minimum atomic E-state index is -1.46. The fraction of sp³-hybridized carbons (Fsp3) is 0.129. The van der Waals surface area contributed by atoms with Gasteiger partial charge in [0.15, 0.2) is 11.2 Å². The fourth-order valence-electron chi connectivity index (χ4n) is 5.86. The normalized spacial score (nSPS) is 21.3. The standard InChI is InChI=1S/C31H20BrN3O/c32-23-13-10-21(11-14-23)28-29(30(36)22-7-2-1-3-8-22)35-26-16-12-20-6-4-5-9-24(20)25(26)15-17-27(35)31(28,18-33)19-34/h1-17,27-29H/t27-,28+,29-/m0/s1. The van der Waals surface area contributed by atoms with Crippen LogP contribution in [0.5, 0.6) is 0 Å². The summed E-state index contributed by atoms with van der Waals surface area (Å²) >= 11 is 3.48. The summed E-state index contributed by atoms with van der Waals surface area (Å²) in [7, 11) is 0. The molecule has 0 radical (unpaired) electrons. The van der Waals surface area contributed by atoms with Crippen LogP contribution in [0, 0.1) is 28.1 Å². The van der Waals surface area contributed by atoms with Gasteiger partial charge in [-0.2, -0.15) is 10.5 Å². The second kappa shape index (κ2) is 8.48. The van der Waals surface area contributed by atoms with Gasteiger partial charge in [0.25, 0.3) is 0 Å². The minimum absolute atomic E-state index is 0.102. The summed E-state index contributed by atoms with van der Waals surface area (Å²) in [4.78, 5) is 16.3. The molecular formula is C31H20BrN3O. The van der Waals surface area contributed by atoms with Crippen LogP contribution in [0.25, 0.3) is 16.8 Å². The summed E-state index contributed by atoms with van der Waals surface area (Å²) in [6.07, 6.45) is 3.95. The number of hydrogen-bond acceptors (Lipinski definition) is 4. The number of Topliss-reactive ketones (excluding diaryl/α,β-unsaturated/α-hetero) is 1. The average Bonchev–Trinajstić information content (AvgIpc) is 3.24. The smallest absolute Gasteiger partial charge is 0.185 e. The molecule has 0 spiro atoms. The van der Waals surface area contributed by atoms with Crippen LogP contribution in [0.1, 0.15) is 27.4 Å². The molecule has 36 heavy (non-hydrogen) atoms. The molecule has 172 valence electrons. The van der Waals surface area contributed by atoms with E-state index in [0.717, 1.165) is 32.1 Å². The molecule has 1 saturated heterocycles. The predicted molar refractivity (Wildman–Crippen MR) is 144 cm³/mol. The lowest BCUT2D eigenvalue weighted by Crippen LogP contribution is -2.44. The van der Waals surface area contributed by atoms with Crippen molar-refractivity contribution in [3.63, 3.8) is 0 Å². The Hall–Kier alpha value is -4.19. The zero-order valence-electron chi connectivity index (χ0n) is 19.2. The van der Waals surface area contributed by atoms with Gasteiger partial charge in [-0.15, -0.1) is 0 Å². The van der Waals surface area contributed by atoms with Gasteiger partial charge >= 0.3 is 0 Å². The molecule has 6 rings (SSSR count). The van der Waals surface area contributed by atoms with Crippen LogP contribution in [0.4, 0.5) is 5.69 Å². The maximum absolute atomic E-state index is 14.3. The highest BCUT2D eigenvalue weighted by Gasteiger charge is 2.63. The zero-order valence-corrected chi connectivity index (χ0v) is 20.8. The van der Waals surface area contributed by atoms with Gasteiger partial charge in [0, 0.05) is 27.2 Å². The number of carbonyl (C=O) groups excluding carboxylic acids is 1. The minimum Gasteiger partial charge on any atom is -0.351 e. The number of nitrogens with zero attached hydrogens (tertiary/aromatic N) is 3. The molecule has 0 saturated carbocycles. The maximum atomic E-state index is 14.3. The number of carbonyl (C=O) groups is 1. The number of nitriles is 2. The number of anilines is 1. The van der Waals surface area contributed by atoms with Crippen LogP contribution in [0.2, 0.25) is 0 Å². The first-order chi connectivity index (χ1) is 17.6. The van der Waals surface area contributed by atoms with Crippen molar-refractivity contribution in [1.29, 1.82) is 10.5 Å². The van der Waals surface area contributed by atoms with E-state index in [4.69, 9.17) is 0 Å². The third-order valence-corrected chi connectivity index (χ3v) is 8.00. The number of ketones is 1. The van der Waals surface area contributed by atoms with Crippen LogP contribution in [-0.2, 0) is 0 Å². The Morgan fingerprint density at radius 3 is 2.28 bits per heavy atom. The highest BCUT2D eigenvalue weighted by atomic mass is 79.9. The molecule has 2 heterocycles. The molecular weight excluding hydrogens is 510 g/mol. The molecule has 0 unspecified atom stereocenters. The summed E-state index contributed by atoms with van der Waals surface area (Å²) in [6.45, 7) is 0. The van der Waals surface area contributed by atoms with E-state index in [1.807, 2.05) is 83.8 Å². The Labute approximate surface area is 217 Å². The van der Waals surface area contributed by atoms with Gasteiger partial charge in [0.1, 0.15) is 6.04 Å². The molecule has 0 aliphatic carbocycles. The lowest BCUT2D eigenvalue weighted by molar-refractivity contribution is 0.0951. The van der Waals surface area contributed by atoms with Crippen LogP contribution >= 0.6 is 15.9 Å². The Morgan fingerprint density at radius 1 is 0.861 bits per heavy atom. The number of rotatable bonds is 3. The van der Waals surface area contributed by atoms with Crippen molar-refractivity contribution >= 4 is 44.2 Å². The van der Waals surface area contributed by atoms with Crippen molar-refractivity contribution in [3.05, 3.63) is 118 Å². The first-order valence-electron chi connectivity index (χ1n) is 11.7. The second-order valence-corrected chi connectivity index (χ2v) is 10.1. The lowest BCUT2D eigenvalue weighted by Gasteiger charge is -2.36. The van der Waals surface area contributed by atoms with Gasteiger partial charge in [0.05, 0.1) is 18.2 Å². The van der Waals surface area contributed by atoms with Crippen LogP contribution in [0.3, 0.4) is 0 Å². The first-order valence-corrected chi connectivity index (χ1v) is 12.5. The topological polar surface area (TPSA) is 67.9 Å². The van der Waals surface area contributed by atoms with Crippen molar-refractivity contribution in [2.45, 2.75) is 18.0 Å². The molecule has 4 nitrogen and oxygen atoms in total. The van der Waals surface area contributed by atoms with E-state index in [-0.39, 0.29) is 5.78 Å². The van der Waals surface area contributed by atoms with Gasteiger partial charge in [-0.05, 0) is 34.5 Å². The van der Waals surface area contributed by atoms with Crippen molar-refractivity contribution < 1.29 is 4.79 Å². The largest absolute Gasteiger partial charge is 0.351 e. The average molecular weight is 530 g/mol. The van der Waals surface area contributed by atoms with Crippen molar-refractivity contribution in [3.8, 4) is 12.1 Å². The van der Waals surface area contributed by atoms with Gasteiger partial charge in [-0.3, -0.25) is 4.79 Å². The first kappa shape index (κ1) is 22.3. The molecule has 3 atom stereocenters. The molecule has 1 fully saturated rings. The monoisotopic (exact) mass is 529 g/mol. The van der Waals surface area contributed by atoms with Crippen LogP contribution in [0.15, 0.2) is 102 Å². The van der Waals surface area contributed by atoms with Gasteiger partial charge in [0.2, 0.25) is 0 Å².